The Kier molecular flexibility index (Phi) is 10.0. The molecule has 100 valence electrons. The zero-order valence-corrected chi connectivity index (χ0v) is 11.4. The normalized spacial score (nSPS) is 13.8. The monoisotopic (exact) mass is 262 g/mol. The third-order valence-electron chi connectivity index (χ3n) is 2.33. The fourth-order valence-corrected chi connectivity index (χ4v) is 1.92. The molecule has 0 aromatic heterocycles. The summed E-state index contributed by atoms with van der Waals surface area (Å²) in [6.07, 6.45) is 4.58. The number of carbonyl (C=O) groups excluding carboxylic acids is 2. The molecule has 0 aliphatic heterocycles. The molecule has 0 rings (SSSR count). The maximum absolute atomic E-state index is 11.3. The molecule has 0 saturated carbocycles. The van der Waals surface area contributed by atoms with Gasteiger partial charge in [-0.1, -0.05) is 19.8 Å². The quantitative estimate of drug-likeness (QED) is 0.216. The average Bonchev–Trinajstić information content (AvgIpc) is 2.25. The third-order valence-corrected chi connectivity index (χ3v) is 2.85. The first kappa shape index (κ1) is 16.3. The Morgan fingerprint density at radius 2 is 2.06 bits per heavy atom. The predicted octanol–water partition coefficient (Wildman–Crippen LogP) is 2.71. The van der Waals surface area contributed by atoms with E-state index in [-0.39, 0.29) is 12.4 Å². The number of unbranched alkanes of at least 4 members (excludes halogenated alkanes) is 1. The zero-order chi connectivity index (χ0) is 13.1. The van der Waals surface area contributed by atoms with Gasteiger partial charge in [0.1, 0.15) is 0 Å². The molecule has 0 bridgehead atoms. The van der Waals surface area contributed by atoms with Crippen molar-refractivity contribution in [3.05, 3.63) is 0 Å². The number of thiol groups is 1. The number of hydrogen-bond donors (Lipinski definition) is 1. The van der Waals surface area contributed by atoms with Crippen molar-refractivity contribution in [3.63, 3.8) is 0 Å². The molecule has 0 N–H and O–H groups in total. The van der Waals surface area contributed by atoms with E-state index in [2.05, 4.69) is 24.3 Å². The fourth-order valence-electron chi connectivity index (χ4n) is 1.48. The SMILES string of the molecule is CCCC(S)CCCCC(=O)OC(C)OC=O. The second-order valence-electron chi connectivity index (χ2n) is 3.98. The van der Waals surface area contributed by atoms with Crippen LogP contribution in [0.15, 0.2) is 0 Å². The number of rotatable bonds is 10. The summed E-state index contributed by atoms with van der Waals surface area (Å²) in [4.78, 5) is 21.2. The van der Waals surface area contributed by atoms with Crippen LogP contribution >= 0.6 is 12.6 Å². The van der Waals surface area contributed by atoms with Crippen LogP contribution in [0.1, 0.15) is 52.4 Å². The lowest BCUT2D eigenvalue weighted by molar-refractivity contribution is -0.176. The van der Waals surface area contributed by atoms with Crippen LogP contribution in [-0.4, -0.2) is 24.0 Å². The molecule has 0 spiro atoms. The van der Waals surface area contributed by atoms with E-state index in [4.69, 9.17) is 4.74 Å². The summed E-state index contributed by atoms with van der Waals surface area (Å²) in [5, 5.41) is 0.424. The number of ether oxygens (including phenoxy) is 2. The molecule has 17 heavy (non-hydrogen) atoms. The lowest BCUT2D eigenvalue weighted by Gasteiger charge is -2.11. The van der Waals surface area contributed by atoms with Gasteiger partial charge in [0, 0.05) is 18.6 Å². The molecule has 4 nitrogen and oxygen atoms in total. The van der Waals surface area contributed by atoms with Gasteiger partial charge >= 0.3 is 5.97 Å². The van der Waals surface area contributed by atoms with Gasteiger partial charge in [-0.2, -0.15) is 12.6 Å². The van der Waals surface area contributed by atoms with Gasteiger partial charge in [-0.25, -0.2) is 0 Å². The van der Waals surface area contributed by atoms with Crippen molar-refractivity contribution in [3.8, 4) is 0 Å². The van der Waals surface area contributed by atoms with Crippen molar-refractivity contribution < 1.29 is 19.1 Å². The van der Waals surface area contributed by atoms with Gasteiger partial charge in [0.2, 0.25) is 6.29 Å². The molecule has 2 unspecified atom stereocenters. The highest BCUT2D eigenvalue weighted by Gasteiger charge is 2.09. The maximum atomic E-state index is 11.3. The summed E-state index contributed by atoms with van der Waals surface area (Å²) in [5.41, 5.74) is 0. The molecule has 0 radical (unpaired) electrons. The first-order valence-corrected chi connectivity index (χ1v) is 6.58. The van der Waals surface area contributed by atoms with Crippen molar-refractivity contribution in [2.24, 2.45) is 0 Å². The van der Waals surface area contributed by atoms with Crippen LogP contribution in [0.5, 0.6) is 0 Å². The van der Waals surface area contributed by atoms with E-state index >= 15 is 0 Å². The van der Waals surface area contributed by atoms with Crippen molar-refractivity contribution in [1.82, 2.24) is 0 Å². The minimum absolute atomic E-state index is 0.272. The van der Waals surface area contributed by atoms with E-state index in [9.17, 15) is 9.59 Å². The van der Waals surface area contributed by atoms with Gasteiger partial charge in [-0.05, 0) is 19.3 Å². The van der Waals surface area contributed by atoms with E-state index in [1.165, 1.54) is 6.92 Å². The van der Waals surface area contributed by atoms with Crippen LogP contribution in [0.3, 0.4) is 0 Å². The van der Waals surface area contributed by atoms with E-state index in [0.29, 0.717) is 11.7 Å². The molecule has 0 fully saturated rings. The topological polar surface area (TPSA) is 52.6 Å². The molecule has 0 heterocycles. The smallest absolute Gasteiger partial charge is 0.308 e. The minimum Gasteiger partial charge on any atom is -0.428 e. The Hall–Kier alpha value is -0.710. The molecule has 0 amide bonds. The highest BCUT2D eigenvalue weighted by molar-refractivity contribution is 7.80. The van der Waals surface area contributed by atoms with Crippen LogP contribution in [-0.2, 0) is 19.1 Å². The molecular weight excluding hydrogens is 240 g/mol. The number of esters is 1. The molecule has 0 saturated heterocycles. The Bertz CT molecular complexity index is 221. The van der Waals surface area contributed by atoms with Gasteiger partial charge in [-0.15, -0.1) is 0 Å². The Morgan fingerprint density at radius 3 is 2.65 bits per heavy atom. The van der Waals surface area contributed by atoms with Crippen LogP contribution in [0.4, 0.5) is 0 Å². The van der Waals surface area contributed by atoms with Crippen molar-refractivity contribution in [2.45, 2.75) is 63.9 Å². The Labute approximate surface area is 108 Å². The molecule has 5 heteroatoms. The summed E-state index contributed by atoms with van der Waals surface area (Å²) in [5.74, 6) is -0.328. The van der Waals surface area contributed by atoms with E-state index in [0.717, 1.165) is 32.1 Å². The Morgan fingerprint density at radius 1 is 1.35 bits per heavy atom. The first-order valence-electron chi connectivity index (χ1n) is 6.06. The van der Waals surface area contributed by atoms with Gasteiger partial charge < -0.3 is 9.47 Å². The summed E-state index contributed by atoms with van der Waals surface area (Å²) in [6.45, 7) is 3.92. The molecule has 0 aliphatic rings. The van der Waals surface area contributed by atoms with Gasteiger partial charge in [0.15, 0.2) is 0 Å². The number of carbonyl (C=O) groups is 2. The second kappa shape index (κ2) is 10.4. The molecule has 2 atom stereocenters. The first-order chi connectivity index (χ1) is 8.10. The van der Waals surface area contributed by atoms with Crippen LogP contribution in [0.25, 0.3) is 0 Å². The lowest BCUT2D eigenvalue weighted by Crippen LogP contribution is -2.17. The highest BCUT2D eigenvalue weighted by atomic mass is 32.1. The summed E-state index contributed by atoms with van der Waals surface area (Å²) >= 11 is 4.44. The summed E-state index contributed by atoms with van der Waals surface area (Å²) in [7, 11) is 0. The largest absolute Gasteiger partial charge is 0.428 e. The highest BCUT2D eigenvalue weighted by Crippen LogP contribution is 2.14. The summed E-state index contributed by atoms with van der Waals surface area (Å²) < 4.78 is 9.29. The van der Waals surface area contributed by atoms with Gasteiger partial charge in [-0.3, -0.25) is 9.59 Å². The fraction of sp³-hybridized carbons (Fsp3) is 0.833. The zero-order valence-electron chi connectivity index (χ0n) is 10.6. The minimum atomic E-state index is -0.794. The van der Waals surface area contributed by atoms with Crippen LogP contribution in [0, 0.1) is 0 Å². The predicted molar refractivity (Wildman–Crippen MR) is 68.9 cm³/mol. The van der Waals surface area contributed by atoms with E-state index in [1.54, 1.807) is 0 Å². The summed E-state index contributed by atoms with van der Waals surface area (Å²) in [6, 6.07) is 0. The Balaban J connectivity index is 3.47. The lowest BCUT2D eigenvalue weighted by atomic mass is 10.1. The van der Waals surface area contributed by atoms with Crippen LogP contribution < -0.4 is 0 Å². The maximum Gasteiger partial charge on any atom is 0.308 e. The van der Waals surface area contributed by atoms with Crippen LogP contribution in [0.2, 0.25) is 0 Å². The molecule has 0 aromatic rings. The number of hydrogen-bond acceptors (Lipinski definition) is 5. The van der Waals surface area contributed by atoms with Crippen molar-refractivity contribution in [2.75, 3.05) is 0 Å². The van der Waals surface area contributed by atoms with Gasteiger partial charge in [0.05, 0.1) is 0 Å². The van der Waals surface area contributed by atoms with E-state index < -0.39 is 6.29 Å². The standard InChI is InChI=1S/C12H22O4S/c1-3-6-11(17)7-4-5-8-12(14)16-10(2)15-9-13/h9-11,17H,3-8H2,1-2H3. The molecule has 0 aliphatic carbocycles. The van der Waals surface area contributed by atoms with Crippen molar-refractivity contribution in [1.29, 1.82) is 0 Å². The van der Waals surface area contributed by atoms with Gasteiger partial charge in [0.25, 0.3) is 6.47 Å². The van der Waals surface area contributed by atoms with E-state index in [1.807, 2.05) is 0 Å². The molecule has 0 aromatic carbocycles. The third kappa shape index (κ3) is 10.2. The van der Waals surface area contributed by atoms with Crippen molar-refractivity contribution >= 4 is 25.1 Å². The second-order valence-corrected chi connectivity index (χ2v) is 4.71. The average molecular weight is 262 g/mol. The molecular formula is C12H22O4S.